The summed E-state index contributed by atoms with van der Waals surface area (Å²) in [6, 6.07) is 6.98. The minimum absolute atomic E-state index is 0.0579. The van der Waals surface area contributed by atoms with E-state index in [4.69, 9.17) is 0 Å². The molecule has 1 amide bonds. The Kier molecular flexibility index (Phi) is 5.96. The largest absolute Gasteiger partial charge is 0.352 e. The normalized spacial score (nSPS) is 19.3. The van der Waals surface area contributed by atoms with E-state index in [9.17, 15) is 13.2 Å². The van der Waals surface area contributed by atoms with E-state index in [1.54, 1.807) is 16.4 Å². The minimum Gasteiger partial charge on any atom is -0.352 e. The van der Waals surface area contributed by atoms with Crippen LogP contribution in [0.25, 0.3) is 0 Å². The summed E-state index contributed by atoms with van der Waals surface area (Å²) in [7, 11) is -3.42. The number of sulfonamides is 1. The van der Waals surface area contributed by atoms with Gasteiger partial charge in [0.05, 0.1) is 4.90 Å². The van der Waals surface area contributed by atoms with Gasteiger partial charge in [0.15, 0.2) is 0 Å². The molecule has 0 saturated carbocycles. The lowest BCUT2D eigenvalue weighted by atomic mass is 10.1. The lowest BCUT2D eigenvalue weighted by Crippen LogP contribution is -2.41. The highest BCUT2D eigenvalue weighted by Gasteiger charge is 2.30. The lowest BCUT2D eigenvalue weighted by Gasteiger charge is -2.32. The van der Waals surface area contributed by atoms with Crippen molar-refractivity contribution in [3.8, 4) is 0 Å². The van der Waals surface area contributed by atoms with E-state index in [0.29, 0.717) is 24.4 Å². The number of nitrogens with one attached hydrogen (secondary N) is 1. The predicted molar refractivity (Wildman–Crippen MR) is 90.6 cm³/mol. The Hall–Kier alpha value is -1.66. The van der Waals surface area contributed by atoms with Gasteiger partial charge in [0.1, 0.15) is 0 Å². The zero-order valence-corrected chi connectivity index (χ0v) is 14.3. The second kappa shape index (κ2) is 7.75. The molecule has 23 heavy (non-hydrogen) atoms. The fourth-order valence-electron chi connectivity index (χ4n) is 2.79. The third-order valence-electron chi connectivity index (χ3n) is 4.17. The summed E-state index contributed by atoms with van der Waals surface area (Å²) >= 11 is 0. The van der Waals surface area contributed by atoms with Crippen LogP contribution in [0, 0.1) is 0 Å². The molecule has 2 rings (SSSR count). The molecule has 0 aliphatic carbocycles. The van der Waals surface area contributed by atoms with E-state index in [-0.39, 0.29) is 11.9 Å². The SMILES string of the molecule is C=CC(=O)NCCc1ccc(S(=O)(=O)N2CCCCC2C)cc1. The summed E-state index contributed by atoms with van der Waals surface area (Å²) in [6.45, 7) is 6.45. The molecule has 1 aliphatic heterocycles. The highest BCUT2D eigenvalue weighted by molar-refractivity contribution is 7.89. The summed E-state index contributed by atoms with van der Waals surface area (Å²) < 4.78 is 27.0. The van der Waals surface area contributed by atoms with Crippen molar-refractivity contribution >= 4 is 15.9 Å². The maximum atomic E-state index is 12.7. The maximum Gasteiger partial charge on any atom is 0.243 e. The van der Waals surface area contributed by atoms with Crippen molar-refractivity contribution in [3.63, 3.8) is 0 Å². The monoisotopic (exact) mass is 336 g/mol. The van der Waals surface area contributed by atoms with Crippen LogP contribution in [0.5, 0.6) is 0 Å². The number of carbonyl (C=O) groups is 1. The third-order valence-corrected chi connectivity index (χ3v) is 6.20. The fourth-order valence-corrected chi connectivity index (χ4v) is 4.49. The fraction of sp³-hybridized carbons (Fsp3) is 0.471. The van der Waals surface area contributed by atoms with E-state index in [1.165, 1.54) is 6.08 Å². The van der Waals surface area contributed by atoms with Crippen molar-refractivity contribution in [2.45, 2.75) is 43.5 Å². The first kappa shape index (κ1) is 17.7. The molecule has 1 atom stereocenters. The zero-order chi connectivity index (χ0) is 16.9. The maximum absolute atomic E-state index is 12.7. The molecule has 1 saturated heterocycles. The van der Waals surface area contributed by atoms with Crippen LogP contribution in [0.4, 0.5) is 0 Å². The smallest absolute Gasteiger partial charge is 0.243 e. The standard InChI is InChI=1S/C17H24N2O3S/c1-3-17(20)18-12-11-15-7-9-16(10-8-15)23(21,22)19-13-5-4-6-14(19)2/h3,7-10,14H,1,4-6,11-13H2,2H3,(H,18,20). The lowest BCUT2D eigenvalue weighted by molar-refractivity contribution is -0.116. The second-order valence-corrected chi connectivity index (χ2v) is 7.74. The van der Waals surface area contributed by atoms with Gasteiger partial charge in [0.2, 0.25) is 15.9 Å². The van der Waals surface area contributed by atoms with E-state index in [2.05, 4.69) is 11.9 Å². The number of amides is 1. The molecule has 1 aromatic rings. The Labute approximate surface area is 138 Å². The van der Waals surface area contributed by atoms with Gasteiger partial charge in [-0.2, -0.15) is 4.31 Å². The number of rotatable bonds is 6. The van der Waals surface area contributed by atoms with Gasteiger partial charge in [-0.25, -0.2) is 8.42 Å². The van der Waals surface area contributed by atoms with Crippen LogP contribution in [-0.2, 0) is 21.2 Å². The summed E-state index contributed by atoms with van der Waals surface area (Å²) in [6.07, 6.45) is 4.81. The predicted octanol–water partition coefficient (Wildman–Crippen LogP) is 2.09. The number of piperidine rings is 1. The Morgan fingerprint density at radius 2 is 2.04 bits per heavy atom. The average molecular weight is 336 g/mol. The van der Waals surface area contributed by atoms with Crippen LogP contribution in [0.2, 0.25) is 0 Å². The molecule has 1 fully saturated rings. The van der Waals surface area contributed by atoms with Crippen LogP contribution >= 0.6 is 0 Å². The van der Waals surface area contributed by atoms with Crippen LogP contribution in [0.3, 0.4) is 0 Å². The number of hydrogen-bond donors (Lipinski definition) is 1. The van der Waals surface area contributed by atoms with Crippen molar-refractivity contribution in [1.82, 2.24) is 9.62 Å². The van der Waals surface area contributed by atoms with Crippen LogP contribution in [0.1, 0.15) is 31.7 Å². The van der Waals surface area contributed by atoms with Gasteiger partial charge in [-0.05, 0) is 50.0 Å². The van der Waals surface area contributed by atoms with Gasteiger partial charge in [-0.15, -0.1) is 0 Å². The van der Waals surface area contributed by atoms with E-state index < -0.39 is 10.0 Å². The zero-order valence-electron chi connectivity index (χ0n) is 13.5. The van der Waals surface area contributed by atoms with Gasteiger partial charge in [0, 0.05) is 19.1 Å². The highest BCUT2D eigenvalue weighted by atomic mass is 32.2. The molecule has 126 valence electrons. The Morgan fingerprint density at radius 3 is 2.65 bits per heavy atom. The molecule has 5 nitrogen and oxygen atoms in total. The third kappa shape index (κ3) is 4.42. The topological polar surface area (TPSA) is 66.5 Å². The van der Waals surface area contributed by atoms with Crippen LogP contribution in [-0.4, -0.2) is 37.8 Å². The number of nitrogens with zero attached hydrogens (tertiary/aromatic N) is 1. The van der Waals surface area contributed by atoms with Crippen molar-refractivity contribution < 1.29 is 13.2 Å². The van der Waals surface area contributed by atoms with Crippen molar-refractivity contribution in [2.75, 3.05) is 13.1 Å². The minimum atomic E-state index is -3.42. The van der Waals surface area contributed by atoms with Gasteiger partial charge < -0.3 is 5.32 Å². The molecule has 0 bridgehead atoms. The molecule has 1 N–H and O–H groups in total. The summed E-state index contributed by atoms with van der Waals surface area (Å²) in [5.74, 6) is -0.205. The summed E-state index contributed by atoms with van der Waals surface area (Å²) in [5.41, 5.74) is 0.986. The highest BCUT2D eigenvalue weighted by Crippen LogP contribution is 2.25. The van der Waals surface area contributed by atoms with E-state index in [0.717, 1.165) is 24.8 Å². The van der Waals surface area contributed by atoms with Crippen molar-refractivity contribution in [2.24, 2.45) is 0 Å². The molecular formula is C17H24N2O3S. The molecule has 1 heterocycles. The number of carbonyl (C=O) groups excluding carboxylic acids is 1. The van der Waals surface area contributed by atoms with Gasteiger partial charge in [0.25, 0.3) is 0 Å². The van der Waals surface area contributed by atoms with Crippen molar-refractivity contribution in [1.29, 1.82) is 0 Å². The van der Waals surface area contributed by atoms with E-state index >= 15 is 0 Å². The molecule has 1 aromatic carbocycles. The van der Waals surface area contributed by atoms with Gasteiger partial charge in [-0.1, -0.05) is 25.1 Å². The molecule has 0 spiro atoms. The molecule has 0 radical (unpaired) electrons. The molecule has 1 aliphatic rings. The van der Waals surface area contributed by atoms with Crippen LogP contribution in [0.15, 0.2) is 41.8 Å². The quantitative estimate of drug-likeness (QED) is 0.809. The number of benzene rings is 1. The average Bonchev–Trinajstić information content (AvgIpc) is 2.55. The first-order valence-electron chi connectivity index (χ1n) is 7.96. The molecular weight excluding hydrogens is 312 g/mol. The second-order valence-electron chi connectivity index (χ2n) is 5.85. The first-order valence-corrected chi connectivity index (χ1v) is 9.40. The van der Waals surface area contributed by atoms with E-state index in [1.807, 2.05) is 19.1 Å². The molecule has 0 aromatic heterocycles. The Balaban J connectivity index is 2.03. The molecule has 1 unspecified atom stereocenters. The first-order chi connectivity index (χ1) is 10.9. The van der Waals surface area contributed by atoms with Crippen molar-refractivity contribution in [3.05, 3.63) is 42.5 Å². The molecule has 6 heteroatoms. The van der Waals surface area contributed by atoms with Crippen LogP contribution < -0.4 is 5.32 Å². The Bertz CT molecular complexity index is 653. The number of hydrogen-bond acceptors (Lipinski definition) is 3. The van der Waals surface area contributed by atoms with Gasteiger partial charge in [-0.3, -0.25) is 4.79 Å². The Morgan fingerprint density at radius 1 is 1.35 bits per heavy atom. The van der Waals surface area contributed by atoms with Gasteiger partial charge >= 0.3 is 0 Å². The summed E-state index contributed by atoms with van der Waals surface area (Å²) in [5, 5.41) is 2.70. The summed E-state index contributed by atoms with van der Waals surface area (Å²) in [4.78, 5) is 11.4.